The molecule has 0 aromatic rings. The Morgan fingerprint density at radius 3 is 2.62 bits per heavy atom. The van der Waals surface area contributed by atoms with E-state index in [1.165, 1.54) is 0 Å². The van der Waals surface area contributed by atoms with Gasteiger partial charge in [-0.1, -0.05) is 6.92 Å². The van der Waals surface area contributed by atoms with Crippen LogP contribution in [-0.4, -0.2) is 19.3 Å². The first kappa shape index (κ1) is 7.92. The van der Waals surface area contributed by atoms with E-state index in [2.05, 4.69) is 0 Å². The predicted molar refractivity (Wildman–Crippen MR) is 31.3 cm³/mol. The van der Waals surface area contributed by atoms with Crippen molar-refractivity contribution in [3.8, 4) is 0 Å². The van der Waals surface area contributed by atoms with Gasteiger partial charge in [-0.2, -0.15) is 0 Å². The zero-order valence-corrected chi connectivity index (χ0v) is 5.52. The lowest BCUT2D eigenvalue weighted by Gasteiger charge is -2.00. The van der Waals surface area contributed by atoms with Gasteiger partial charge in [-0.3, -0.25) is 0 Å². The molecule has 0 fully saturated rings. The molecule has 0 aliphatic heterocycles. The molecule has 2 heteroatoms. The van der Waals surface area contributed by atoms with Crippen LogP contribution in [0.25, 0.3) is 0 Å². The Bertz CT molecular complexity index is 43.8. The summed E-state index contributed by atoms with van der Waals surface area (Å²) < 4.78 is 4.93. The van der Waals surface area contributed by atoms with Crippen LogP contribution < -0.4 is 0 Å². The predicted octanol–water partition coefficient (Wildman–Crippen LogP) is 1.23. The van der Waals surface area contributed by atoms with Crippen molar-refractivity contribution in [2.75, 3.05) is 13.2 Å². The van der Waals surface area contributed by atoms with Gasteiger partial charge in [-0.15, -0.1) is 0 Å². The summed E-state index contributed by atoms with van der Waals surface area (Å²) in [6.07, 6.45) is 0.425. The van der Waals surface area contributed by atoms with E-state index >= 15 is 0 Å². The van der Waals surface area contributed by atoms with Crippen LogP contribution in [0.3, 0.4) is 0 Å². The third kappa shape index (κ3) is 5.92. The average molecular weight is 117 g/mol. The lowest BCUT2D eigenvalue weighted by molar-refractivity contribution is 0.00794. The molecule has 0 aliphatic rings. The molecule has 0 bridgehead atoms. The Hall–Kier alpha value is -0.0800. The van der Waals surface area contributed by atoms with E-state index in [-0.39, 0.29) is 0 Å². The fraction of sp³-hybridized carbons (Fsp3) is 1.00. The summed E-state index contributed by atoms with van der Waals surface area (Å²) in [5, 5.41) is 10.3. The third-order valence-corrected chi connectivity index (χ3v) is 0.701. The lowest BCUT2D eigenvalue weighted by atomic mass is 10.4. The molecule has 0 heterocycles. The zero-order chi connectivity index (χ0) is 6.41. The summed E-state index contributed by atoms with van der Waals surface area (Å²) in [6, 6.07) is 0. The number of ether oxygens (including phenoxy) is 1. The second-order valence-electron chi connectivity index (χ2n) is 1.89. The van der Waals surface area contributed by atoms with Crippen molar-refractivity contribution in [1.82, 2.24) is 0 Å². The summed E-state index contributed by atoms with van der Waals surface area (Å²) in [6.45, 7) is 4.70. The standard InChI is InChI=1S/C6H13O2/c1-3-4-8-5-6(2)7/h6H,3-5H2,1-2H3. The molecule has 0 amide bonds. The van der Waals surface area contributed by atoms with Crippen LogP contribution in [0.5, 0.6) is 0 Å². The molecule has 1 unspecified atom stereocenters. The monoisotopic (exact) mass is 117 g/mol. The first-order valence-corrected chi connectivity index (χ1v) is 3.01. The van der Waals surface area contributed by atoms with E-state index in [0.717, 1.165) is 6.42 Å². The van der Waals surface area contributed by atoms with Crippen LogP contribution in [0.4, 0.5) is 0 Å². The first-order valence-electron chi connectivity index (χ1n) is 3.01. The molecule has 0 saturated carbocycles. The van der Waals surface area contributed by atoms with Gasteiger partial charge in [0.2, 0.25) is 0 Å². The summed E-state index contributed by atoms with van der Waals surface area (Å²) in [7, 11) is 0. The molecule has 0 N–H and O–H groups in total. The molecule has 0 aromatic carbocycles. The van der Waals surface area contributed by atoms with Gasteiger partial charge < -0.3 is 4.74 Å². The summed E-state index contributed by atoms with van der Waals surface area (Å²) in [5.74, 6) is 0. The fourth-order valence-electron chi connectivity index (χ4n) is 0.394. The molecular formula is C6H13O2. The van der Waals surface area contributed by atoms with Gasteiger partial charge in [0.15, 0.2) is 0 Å². The van der Waals surface area contributed by atoms with Gasteiger partial charge in [0, 0.05) is 6.61 Å². The third-order valence-electron chi connectivity index (χ3n) is 0.701. The minimum atomic E-state index is -0.568. The minimum Gasteiger partial charge on any atom is -0.379 e. The number of rotatable bonds is 4. The zero-order valence-electron chi connectivity index (χ0n) is 5.52. The van der Waals surface area contributed by atoms with Gasteiger partial charge in [0.25, 0.3) is 0 Å². The Morgan fingerprint density at radius 2 is 2.25 bits per heavy atom. The van der Waals surface area contributed by atoms with Gasteiger partial charge in [0.1, 0.15) is 6.10 Å². The first-order chi connectivity index (χ1) is 3.77. The fourth-order valence-corrected chi connectivity index (χ4v) is 0.394. The topological polar surface area (TPSA) is 29.1 Å². The second kappa shape index (κ2) is 5.06. The van der Waals surface area contributed by atoms with Crippen molar-refractivity contribution in [3.05, 3.63) is 0 Å². The van der Waals surface area contributed by atoms with E-state index in [9.17, 15) is 5.11 Å². The van der Waals surface area contributed by atoms with Crippen LogP contribution >= 0.6 is 0 Å². The molecule has 1 radical (unpaired) electrons. The number of hydrogen-bond donors (Lipinski definition) is 0. The van der Waals surface area contributed by atoms with Crippen LogP contribution in [-0.2, 0) is 9.84 Å². The minimum absolute atomic E-state index is 0.355. The van der Waals surface area contributed by atoms with E-state index in [4.69, 9.17) is 4.74 Å². The van der Waals surface area contributed by atoms with E-state index in [0.29, 0.717) is 13.2 Å². The van der Waals surface area contributed by atoms with Crippen molar-refractivity contribution in [1.29, 1.82) is 0 Å². The average Bonchev–Trinajstić information content (AvgIpc) is 1.66. The quantitative estimate of drug-likeness (QED) is 0.509. The molecule has 49 valence electrons. The Labute approximate surface area is 50.5 Å². The van der Waals surface area contributed by atoms with E-state index < -0.39 is 6.10 Å². The highest BCUT2D eigenvalue weighted by atomic mass is 16.5. The Morgan fingerprint density at radius 1 is 1.62 bits per heavy atom. The van der Waals surface area contributed by atoms with Crippen LogP contribution in [0.15, 0.2) is 0 Å². The normalized spacial score (nSPS) is 13.9. The van der Waals surface area contributed by atoms with Crippen molar-refractivity contribution in [2.45, 2.75) is 26.4 Å². The van der Waals surface area contributed by atoms with Crippen molar-refractivity contribution in [3.63, 3.8) is 0 Å². The highest BCUT2D eigenvalue weighted by molar-refractivity contribution is 4.39. The summed E-state index contributed by atoms with van der Waals surface area (Å²) in [4.78, 5) is 0. The molecular weight excluding hydrogens is 104 g/mol. The number of hydrogen-bond acceptors (Lipinski definition) is 1. The summed E-state index contributed by atoms with van der Waals surface area (Å²) >= 11 is 0. The van der Waals surface area contributed by atoms with Crippen molar-refractivity contribution >= 4 is 0 Å². The molecule has 0 aromatic heterocycles. The molecule has 1 atom stereocenters. The molecule has 0 saturated heterocycles. The van der Waals surface area contributed by atoms with Crippen LogP contribution in [0, 0.1) is 0 Å². The SMILES string of the molecule is CCCOCC(C)[O]. The largest absolute Gasteiger partial charge is 0.379 e. The van der Waals surface area contributed by atoms with Gasteiger partial charge in [0.05, 0.1) is 6.61 Å². The molecule has 8 heavy (non-hydrogen) atoms. The van der Waals surface area contributed by atoms with Crippen molar-refractivity contribution in [2.24, 2.45) is 0 Å². The Balaban J connectivity index is 2.72. The van der Waals surface area contributed by atoms with Gasteiger partial charge in [-0.25, -0.2) is 5.11 Å². The maximum Gasteiger partial charge on any atom is 0.113 e. The van der Waals surface area contributed by atoms with E-state index in [1.807, 2.05) is 6.92 Å². The van der Waals surface area contributed by atoms with Crippen LogP contribution in [0.2, 0.25) is 0 Å². The van der Waals surface area contributed by atoms with Gasteiger partial charge in [-0.05, 0) is 13.3 Å². The molecule has 0 spiro atoms. The van der Waals surface area contributed by atoms with Gasteiger partial charge >= 0.3 is 0 Å². The molecule has 0 rings (SSSR count). The summed E-state index contributed by atoms with van der Waals surface area (Å²) in [5.41, 5.74) is 0. The molecule has 2 nitrogen and oxygen atoms in total. The lowest BCUT2D eigenvalue weighted by Crippen LogP contribution is -2.08. The highest BCUT2D eigenvalue weighted by Crippen LogP contribution is 1.84. The smallest absolute Gasteiger partial charge is 0.113 e. The highest BCUT2D eigenvalue weighted by Gasteiger charge is 1.94. The maximum atomic E-state index is 10.3. The molecule has 0 aliphatic carbocycles. The van der Waals surface area contributed by atoms with E-state index in [1.54, 1.807) is 6.92 Å². The maximum absolute atomic E-state index is 10.3. The van der Waals surface area contributed by atoms with Crippen molar-refractivity contribution < 1.29 is 9.84 Å². The Kier molecular flexibility index (Phi) is 5.01. The van der Waals surface area contributed by atoms with Crippen LogP contribution in [0.1, 0.15) is 20.3 Å². The second-order valence-corrected chi connectivity index (χ2v) is 1.89.